The Morgan fingerprint density at radius 2 is 2.25 bits per heavy atom. The van der Waals surface area contributed by atoms with Crippen molar-refractivity contribution in [3.8, 4) is 0 Å². The van der Waals surface area contributed by atoms with Gasteiger partial charge in [0.15, 0.2) is 0 Å². The first-order valence-electron chi connectivity index (χ1n) is 5.36. The molecule has 0 spiro atoms. The molecule has 1 atom stereocenters. The van der Waals surface area contributed by atoms with Gasteiger partial charge in [-0.15, -0.1) is 5.11 Å². The summed E-state index contributed by atoms with van der Waals surface area (Å²) in [6.45, 7) is 5.24. The van der Waals surface area contributed by atoms with Crippen molar-refractivity contribution in [2.75, 3.05) is 0 Å². The smallest absolute Gasteiger partial charge is 0.441 e. The second-order valence-corrected chi connectivity index (χ2v) is 4.75. The van der Waals surface area contributed by atoms with E-state index in [0.717, 1.165) is 6.42 Å². The maximum atomic E-state index is 12.9. The highest BCUT2D eigenvalue weighted by molar-refractivity contribution is 5.68. The number of carbonyl (C=O) groups is 1. The summed E-state index contributed by atoms with van der Waals surface area (Å²) in [5.41, 5.74) is -0.0655. The van der Waals surface area contributed by atoms with Crippen LogP contribution in [0.5, 0.6) is 0 Å². The van der Waals surface area contributed by atoms with E-state index in [-0.39, 0.29) is 0 Å². The van der Waals surface area contributed by atoms with E-state index in [1.807, 2.05) is 0 Å². The standard InChI is InChI=1S/C11H17FN2O2/c1-11(2,3)16-10(15)14-13-9-6-4-5-8(12)7-9/h7-8H,4-6H2,1-3H3. The molecule has 1 rings (SSSR count). The van der Waals surface area contributed by atoms with Gasteiger partial charge in [0.25, 0.3) is 0 Å². The van der Waals surface area contributed by atoms with Gasteiger partial charge in [-0.3, -0.25) is 0 Å². The van der Waals surface area contributed by atoms with Crippen molar-refractivity contribution in [1.29, 1.82) is 0 Å². The zero-order valence-corrected chi connectivity index (χ0v) is 9.86. The van der Waals surface area contributed by atoms with Crippen LogP contribution < -0.4 is 0 Å². The molecular weight excluding hydrogens is 211 g/mol. The summed E-state index contributed by atoms with van der Waals surface area (Å²) >= 11 is 0. The molecule has 1 unspecified atom stereocenters. The van der Waals surface area contributed by atoms with Gasteiger partial charge in [-0.05, 0) is 46.1 Å². The van der Waals surface area contributed by atoms with Crippen LogP contribution in [0.4, 0.5) is 9.18 Å². The molecule has 16 heavy (non-hydrogen) atoms. The molecule has 0 fully saturated rings. The molecule has 0 N–H and O–H groups in total. The second kappa shape index (κ2) is 5.18. The zero-order chi connectivity index (χ0) is 12.2. The lowest BCUT2D eigenvalue weighted by Gasteiger charge is -2.17. The highest BCUT2D eigenvalue weighted by atomic mass is 19.1. The average molecular weight is 228 g/mol. The van der Waals surface area contributed by atoms with Crippen LogP contribution in [0.2, 0.25) is 0 Å². The number of amides is 1. The lowest BCUT2D eigenvalue weighted by molar-refractivity contribution is 0.0591. The average Bonchev–Trinajstić information content (AvgIpc) is 2.12. The molecule has 5 heteroatoms. The van der Waals surface area contributed by atoms with Gasteiger partial charge in [-0.1, -0.05) is 5.11 Å². The third-order valence-corrected chi connectivity index (χ3v) is 1.94. The van der Waals surface area contributed by atoms with Crippen LogP contribution in [0.1, 0.15) is 40.0 Å². The lowest BCUT2D eigenvalue weighted by Crippen LogP contribution is -2.21. The monoisotopic (exact) mass is 228 g/mol. The predicted octanol–water partition coefficient (Wildman–Crippen LogP) is 3.78. The molecule has 0 aromatic rings. The van der Waals surface area contributed by atoms with E-state index in [2.05, 4.69) is 10.2 Å². The molecule has 4 nitrogen and oxygen atoms in total. The molecular formula is C11H17FN2O2. The first kappa shape index (κ1) is 12.8. The number of rotatable bonds is 1. The Balaban J connectivity index is 2.50. The fourth-order valence-corrected chi connectivity index (χ4v) is 1.32. The summed E-state index contributed by atoms with van der Waals surface area (Å²) in [4.78, 5) is 11.2. The van der Waals surface area contributed by atoms with Crippen molar-refractivity contribution in [2.45, 2.75) is 51.8 Å². The van der Waals surface area contributed by atoms with Crippen molar-refractivity contribution >= 4 is 6.09 Å². The van der Waals surface area contributed by atoms with Gasteiger partial charge in [-0.25, -0.2) is 9.18 Å². The topological polar surface area (TPSA) is 51.0 Å². The summed E-state index contributed by atoms with van der Waals surface area (Å²) in [5, 5.41) is 7.09. The summed E-state index contributed by atoms with van der Waals surface area (Å²) in [5.74, 6) is 0. The Morgan fingerprint density at radius 3 is 2.81 bits per heavy atom. The number of hydrogen-bond donors (Lipinski definition) is 0. The van der Waals surface area contributed by atoms with Crippen LogP contribution in [0.15, 0.2) is 22.0 Å². The fraction of sp³-hybridized carbons (Fsp3) is 0.727. The minimum Gasteiger partial charge on any atom is -0.441 e. The minimum absolute atomic E-state index is 0.518. The molecule has 0 aliphatic heterocycles. The Labute approximate surface area is 94.6 Å². The first-order chi connectivity index (χ1) is 7.37. The van der Waals surface area contributed by atoms with E-state index < -0.39 is 17.9 Å². The van der Waals surface area contributed by atoms with Crippen LogP contribution in [0, 0.1) is 0 Å². The third kappa shape index (κ3) is 5.00. The fourth-order valence-electron chi connectivity index (χ4n) is 1.32. The molecule has 0 heterocycles. The summed E-state index contributed by atoms with van der Waals surface area (Å²) in [6, 6.07) is 0. The SMILES string of the molecule is CC(C)(C)OC(=O)N=NC1=CC(F)CCC1. The van der Waals surface area contributed by atoms with E-state index in [0.29, 0.717) is 18.5 Å². The maximum Gasteiger partial charge on any atom is 0.452 e. The molecule has 0 aromatic heterocycles. The molecule has 0 radical (unpaired) electrons. The molecule has 0 saturated heterocycles. The number of halogens is 1. The minimum atomic E-state index is -0.971. The number of hydrogen-bond acceptors (Lipinski definition) is 3. The number of azo groups is 1. The Bertz CT molecular complexity index is 318. The summed E-state index contributed by atoms with van der Waals surface area (Å²) in [6.07, 6.45) is 1.60. The number of allylic oxidation sites excluding steroid dienone is 2. The number of alkyl halides is 1. The summed E-state index contributed by atoms with van der Waals surface area (Å²) in [7, 11) is 0. The molecule has 1 aliphatic rings. The highest BCUT2D eigenvalue weighted by Gasteiger charge is 2.16. The van der Waals surface area contributed by atoms with Gasteiger partial charge >= 0.3 is 6.09 Å². The third-order valence-electron chi connectivity index (χ3n) is 1.94. The molecule has 0 bridgehead atoms. The van der Waals surface area contributed by atoms with E-state index in [1.165, 1.54) is 6.08 Å². The van der Waals surface area contributed by atoms with Crippen LogP contribution in [0.25, 0.3) is 0 Å². The molecule has 0 aromatic carbocycles. The van der Waals surface area contributed by atoms with Gasteiger partial charge in [0.1, 0.15) is 11.8 Å². The summed E-state index contributed by atoms with van der Waals surface area (Å²) < 4.78 is 17.9. The zero-order valence-electron chi connectivity index (χ0n) is 9.86. The second-order valence-electron chi connectivity index (χ2n) is 4.75. The number of nitrogens with zero attached hydrogens (tertiary/aromatic N) is 2. The van der Waals surface area contributed by atoms with Gasteiger partial charge in [0.2, 0.25) is 0 Å². The lowest BCUT2D eigenvalue weighted by atomic mass is 10.0. The van der Waals surface area contributed by atoms with E-state index in [1.54, 1.807) is 20.8 Å². The quantitative estimate of drug-likeness (QED) is 0.641. The van der Waals surface area contributed by atoms with E-state index in [4.69, 9.17) is 4.74 Å². The largest absolute Gasteiger partial charge is 0.452 e. The molecule has 90 valence electrons. The van der Waals surface area contributed by atoms with Crippen molar-refractivity contribution in [2.24, 2.45) is 10.2 Å². The van der Waals surface area contributed by atoms with E-state index in [9.17, 15) is 9.18 Å². The molecule has 0 saturated carbocycles. The van der Waals surface area contributed by atoms with E-state index >= 15 is 0 Å². The molecule has 1 amide bonds. The van der Waals surface area contributed by atoms with Crippen LogP contribution >= 0.6 is 0 Å². The Hall–Kier alpha value is -1.26. The van der Waals surface area contributed by atoms with Gasteiger partial charge in [0, 0.05) is 0 Å². The Morgan fingerprint density at radius 1 is 1.56 bits per heavy atom. The maximum absolute atomic E-state index is 12.9. The number of ether oxygens (including phenoxy) is 1. The van der Waals surface area contributed by atoms with Gasteiger partial charge < -0.3 is 4.74 Å². The van der Waals surface area contributed by atoms with Crippen molar-refractivity contribution in [3.63, 3.8) is 0 Å². The first-order valence-corrected chi connectivity index (χ1v) is 5.36. The van der Waals surface area contributed by atoms with Gasteiger partial charge in [-0.2, -0.15) is 0 Å². The highest BCUT2D eigenvalue weighted by Crippen LogP contribution is 2.21. The Kier molecular flexibility index (Phi) is 4.15. The van der Waals surface area contributed by atoms with Crippen molar-refractivity contribution in [1.82, 2.24) is 0 Å². The number of carbonyl (C=O) groups excluding carboxylic acids is 1. The van der Waals surface area contributed by atoms with Crippen LogP contribution in [0.3, 0.4) is 0 Å². The van der Waals surface area contributed by atoms with Crippen LogP contribution in [-0.4, -0.2) is 17.9 Å². The van der Waals surface area contributed by atoms with Crippen molar-refractivity contribution in [3.05, 3.63) is 11.8 Å². The van der Waals surface area contributed by atoms with Crippen molar-refractivity contribution < 1.29 is 13.9 Å². The molecule has 1 aliphatic carbocycles. The normalized spacial score (nSPS) is 22.0. The predicted molar refractivity (Wildman–Crippen MR) is 57.9 cm³/mol. The van der Waals surface area contributed by atoms with Crippen LogP contribution in [-0.2, 0) is 4.74 Å². The van der Waals surface area contributed by atoms with Gasteiger partial charge in [0.05, 0.1) is 5.70 Å².